The zero-order chi connectivity index (χ0) is 23.9. The number of hydrogen-bond donors (Lipinski definition) is 2. The average molecular weight is 454 g/mol. The summed E-state index contributed by atoms with van der Waals surface area (Å²) in [5.74, 6) is 1.53. The highest BCUT2D eigenvalue weighted by Crippen LogP contribution is 2.30. The molecule has 0 bridgehead atoms. The van der Waals surface area contributed by atoms with Gasteiger partial charge in [-0.15, -0.1) is 0 Å². The van der Waals surface area contributed by atoms with E-state index < -0.39 is 0 Å². The monoisotopic (exact) mass is 454 g/mol. The Morgan fingerprint density at radius 1 is 1.03 bits per heavy atom. The van der Waals surface area contributed by atoms with Gasteiger partial charge in [0.2, 0.25) is 0 Å². The van der Waals surface area contributed by atoms with E-state index in [-0.39, 0.29) is 12.5 Å². The van der Waals surface area contributed by atoms with Gasteiger partial charge in [-0.05, 0) is 48.0 Å². The molecule has 0 aliphatic rings. The van der Waals surface area contributed by atoms with E-state index in [9.17, 15) is 10.1 Å². The van der Waals surface area contributed by atoms with Crippen molar-refractivity contribution in [3.8, 4) is 23.3 Å². The molecule has 8 nitrogen and oxygen atoms in total. The van der Waals surface area contributed by atoms with Crippen LogP contribution in [0.15, 0.2) is 66.7 Å². The summed E-state index contributed by atoms with van der Waals surface area (Å²) in [6, 6.07) is 22.1. The van der Waals surface area contributed by atoms with Crippen LogP contribution >= 0.6 is 0 Å². The van der Waals surface area contributed by atoms with E-state index in [4.69, 9.17) is 14.2 Å². The molecule has 1 amide bonds. The number of anilines is 1. The molecule has 4 aromatic rings. The summed E-state index contributed by atoms with van der Waals surface area (Å²) in [6.07, 6.45) is 1.71. The number of aromatic nitrogens is 2. The smallest absolute Gasteiger partial charge is 0.262 e. The second-order valence-corrected chi connectivity index (χ2v) is 7.22. The number of para-hydroxylation sites is 4. The van der Waals surface area contributed by atoms with Crippen LogP contribution in [0.2, 0.25) is 0 Å². The number of H-pyrrole nitrogens is 1. The second kappa shape index (κ2) is 10.2. The van der Waals surface area contributed by atoms with Gasteiger partial charge in [0.05, 0.1) is 36.5 Å². The summed E-state index contributed by atoms with van der Waals surface area (Å²) in [5, 5.41) is 12.4. The molecule has 0 spiro atoms. The molecule has 2 N–H and O–H groups in total. The summed E-state index contributed by atoms with van der Waals surface area (Å²) in [5.41, 5.74) is 3.29. The lowest BCUT2D eigenvalue weighted by atomic mass is 10.1. The van der Waals surface area contributed by atoms with Crippen molar-refractivity contribution in [1.29, 1.82) is 5.26 Å². The number of nitrogens with zero attached hydrogens (tertiary/aromatic N) is 2. The van der Waals surface area contributed by atoms with E-state index in [0.717, 1.165) is 16.6 Å². The van der Waals surface area contributed by atoms with Crippen LogP contribution < -0.4 is 19.5 Å². The maximum Gasteiger partial charge on any atom is 0.262 e. The lowest BCUT2D eigenvalue weighted by molar-refractivity contribution is -0.118. The van der Waals surface area contributed by atoms with Crippen LogP contribution in [0, 0.1) is 11.3 Å². The van der Waals surface area contributed by atoms with E-state index in [2.05, 4.69) is 21.4 Å². The highest BCUT2D eigenvalue weighted by atomic mass is 16.5. The minimum absolute atomic E-state index is 0.216. The van der Waals surface area contributed by atoms with E-state index >= 15 is 0 Å². The number of fused-ring (bicyclic) bond motifs is 1. The number of nitriles is 1. The fraction of sp³-hybridized carbons (Fsp3) is 0.115. The number of rotatable bonds is 8. The Labute approximate surface area is 196 Å². The summed E-state index contributed by atoms with van der Waals surface area (Å²) in [7, 11) is 3.04. The quantitative estimate of drug-likeness (QED) is 0.375. The van der Waals surface area contributed by atoms with Crippen molar-refractivity contribution in [2.24, 2.45) is 0 Å². The number of carbonyl (C=O) groups is 1. The van der Waals surface area contributed by atoms with Crippen molar-refractivity contribution >= 4 is 34.3 Å². The minimum Gasteiger partial charge on any atom is -0.495 e. The highest BCUT2D eigenvalue weighted by molar-refractivity contribution is 5.93. The van der Waals surface area contributed by atoms with Crippen LogP contribution in [0.25, 0.3) is 22.7 Å². The Morgan fingerprint density at radius 3 is 2.56 bits per heavy atom. The van der Waals surface area contributed by atoms with Crippen molar-refractivity contribution in [3.05, 3.63) is 78.1 Å². The summed E-state index contributed by atoms with van der Waals surface area (Å²) < 4.78 is 16.3. The lowest BCUT2D eigenvalue weighted by Gasteiger charge is -2.13. The number of nitrogens with one attached hydrogen (secondary N) is 2. The standard InChI is InChI=1S/C26H22N4O4/c1-32-22-10-6-5-9-21(22)28-25(31)16-34-23-12-11-17(14-24(23)33-2)13-18(15-27)26-29-19-7-3-4-8-20(19)30-26/h3-14H,16H2,1-2H3,(H,28,31)(H,29,30)/b18-13-. The second-order valence-electron chi connectivity index (χ2n) is 7.22. The fourth-order valence-electron chi connectivity index (χ4n) is 3.37. The molecule has 0 aliphatic heterocycles. The van der Waals surface area contributed by atoms with Crippen molar-refractivity contribution in [2.75, 3.05) is 26.1 Å². The van der Waals surface area contributed by atoms with Crippen molar-refractivity contribution in [1.82, 2.24) is 9.97 Å². The summed E-state index contributed by atoms with van der Waals surface area (Å²) in [4.78, 5) is 20.0. The molecule has 0 saturated heterocycles. The highest BCUT2D eigenvalue weighted by Gasteiger charge is 2.12. The van der Waals surface area contributed by atoms with E-state index in [0.29, 0.717) is 34.3 Å². The Hall–Kier alpha value is -4.77. The molecule has 8 heteroatoms. The molecular formula is C26H22N4O4. The molecule has 0 fully saturated rings. The van der Waals surface area contributed by atoms with Gasteiger partial charge in [0.25, 0.3) is 5.91 Å². The van der Waals surface area contributed by atoms with Crippen LogP contribution in [0.3, 0.4) is 0 Å². The van der Waals surface area contributed by atoms with Crippen LogP contribution in [0.4, 0.5) is 5.69 Å². The molecular weight excluding hydrogens is 432 g/mol. The molecule has 34 heavy (non-hydrogen) atoms. The van der Waals surface area contributed by atoms with Gasteiger partial charge >= 0.3 is 0 Å². The molecule has 0 radical (unpaired) electrons. The number of hydrogen-bond acceptors (Lipinski definition) is 6. The van der Waals surface area contributed by atoms with E-state index in [1.165, 1.54) is 14.2 Å². The number of ether oxygens (including phenoxy) is 3. The molecule has 0 unspecified atom stereocenters. The van der Waals surface area contributed by atoms with Gasteiger partial charge in [-0.2, -0.15) is 5.26 Å². The van der Waals surface area contributed by atoms with E-state index in [1.807, 2.05) is 30.3 Å². The van der Waals surface area contributed by atoms with Gasteiger partial charge in [0.1, 0.15) is 17.6 Å². The Morgan fingerprint density at radius 2 is 1.79 bits per heavy atom. The topological polar surface area (TPSA) is 109 Å². The van der Waals surface area contributed by atoms with Gasteiger partial charge in [-0.1, -0.05) is 30.3 Å². The normalized spacial score (nSPS) is 11.0. The maximum atomic E-state index is 12.3. The average Bonchev–Trinajstić information content (AvgIpc) is 3.30. The van der Waals surface area contributed by atoms with Crippen molar-refractivity contribution in [2.45, 2.75) is 0 Å². The zero-order valence-corrected chi connectivity index (χ0v) is 18.7. The van der Waals surface area contributed by atoms with Crippen LogP contribution in [-0.2, 0) is 4.79 Å². The molecule has 3 aromatic carbocycles. The van der Waals surface area contributed by atoms with Gasteiger partial charge in [-0.25, -0.2) is 4.98 Å². The molecule has 1 heterocycles. The largest absolute Gasteiger partial charge is 0.495 e. The van der Waals surface area contributed by atoms with Gasteiger partial charge in [0, 0.05) is 0 Å². The number of methoxy groups -OCH3 is 2. The summed E-state index contributed by atoms with van der Waals surface area (Å²) in [6.45, 7) is -0.216. The first-order valence-corrected chi connectivity index (χ1v) is 10.4. The first kappa shape index (κ1) is 22.4. The van der Waals surface area contributed by atoms with Gasteiger partial charge in [0.15, 0.2) is 18.1 Å². The Bertz CT molecular complexity index is 1370. The van der Waals surface area contributed by atoms with E-state index in [1.54, 1.807) is 42.5 Å². The lowest BCUT2D eigenvalue weighted by Crippen LogP contribution is -2.20. The van der Waals surface area contributed by atoms with Crippen LogP contribution in [-0.4, -0.2) is 36.7 Å². The van der Waals surface area contributed by atoms with Gasteiger partial charge < -0.3 is 24.5 Å². The number of imidazole rings is 1. The Balaban J connectivity index is 1.48. The number of allylic oxidation sites excluding steroid dienone is 1. The third-order valence-corrected chi connectivity index (χ3v) is 5.00. The SMILES string of the molecule is COc1ccccc1NC(=O)COc1ccc(/C=C(/C#N)c2nc3ccccc3[nH]2)cc1OC. The third-order valence-electron chi connectivity index (χ3n) is 5.00. The number of aromatic amines is 1. The van der Waals surface area contributed by atoms with Crippen LogP contribution in [0.5, 0.6) is 17.2 Å². The fourth-order valence-corrected chi connectivity index (χ4v) is 3.37. The number of carbonyl (C=O) groups excluding carboxylic acids is 1. The van der Waals surface area contributed by atoms with Crippen molar-refractivity contribution < 1.29 is 19.0 Å². The Kier molecular flexibility index (Phi) is 6.75. The minimum atomic E-state index is -0.341. The zero-order valence-electron chi connectivity index (χ0n) is 18.7. The predicted octanol–water partition coefficient (Wildman–Crippen LogP) is 4.66. The number of benzene rings is 3. The maximum absolute atomic E-state index is 12.3. The molecule has 4 rings (SSSR count). The molecule has 1 aromatic heterocycles. The number of amides is 1. The van der Waals surface area contributed by atoms with Crippen molar-refractivity contribution in [3.63, 3.8) is 0 Å². The first-order chi connectivity index (χ1) is 16.6. The summed E-state index contributed by atoms with van der Waals surface area (Å²) >= 11 is 0. The molecule has 170 valence electrons. The van der Waals surface area contributed by atoms with Gasteiger partial charge in [-0.3, -0.25) is 4.79 Å². The first-order valence-electron chi connectivity index (χ1n) is 10.4. The molecule has 0 atom stereocenters. The predicted molar refractivity (Wildman–Crippen MR) is 130 cm³/mol. The third kappa shape index (κ3) is 5.00. The molecule has 0 saturated carbocycles. The van der Waals surface area contributed by atoms with Crippen LogP contribution in [0.1, 0.15) is 11.4 Å². The molecule has 0 aliphatic carbocycles.